The van der Waals surface area contributed by atoms with Gasteiger partial charge in [0.05, 0.1) is 5.92 Å². The van der Waals surface area contributed by atoms with E-state index in [9.17, 15) is 4.79 Å². The SMILES string of the molecule is NC1CC1C(=O)N(CC1CCCCC1)C1CC1. The fraction of sp³-hybridized carbons (Fsp3) is 0.929. The van der Waals surface area contributed by atoms with E-state index in [0.29, 0.717) is 11.9 Å². The van der Waals surface area contributed by atoms with Crippen LogP contribution in [0, 0.1) is 11.8 Å². The molecule has 3 saturated carbocycles. The van der Waals surface area contributed by atoms with Crippen LogP contribution >= 0.6 is 0 Å². The third-order valence-corrected chi connectivity index (χ3v) is 4.61. The van der Waals surface area contributed by atoms with Gasteiger partial charge in [-0.15, -0.1) is 0 Å². The van der Waals surface area contributed by atoms with Crippen molar-refractivity contribution < 1.29 is 4.79 Å². The second-order valence-electron chi connectivity index (χ2n) is 6.23. The standard InChI is InChI=1S/C14H24N2O/c15-13-8-12(13)14(17)16(11-6-7-11)9-10-4-2-1-3-5-10/h10-13H,1-9,15H2. The molecule has 3 aliphatic carbocycles. The van der Waals surface area contributed by atoms with Crippen molar-refractivity contribution in [1.29, 1.82) is 0 Å². The van der Waals surface area contributed by atoms with Crippen molar-refractivity contribution in [2.45, 2.75) is 63.5 Å². The average Bonchev–Trinajstić information content (AvgIpc) is 3.22. The van der Waals surface area contributed by atoms with E-state index in [-0.39, 0.29) is 12.0 Å². The van der Waals surface area contributed by atoms with Crippen LogP contribution in [0.25, 0.3) is 0 Å². The number of carbonyl (C=O) groups is 1. The van der Waals surface area contributed by atoms with Crippen molar-refractivity contribution in [2.24, 2.45) is 17.6 Å². The molecule has 0 bridgehead atoms. The van der Waals surface area contributed by atoms with Crippen LogP contribution in [-0.2, 0) is 4.79 Å². The van der Waals surface area contributed by atoms with E-state index < -0.39 is 0 Å². The van der Waals surface area contributed by atoms with Crippen molar-refractivity contribution in [3.8, 4) is 0 Å². The fourth-order valence-electron chi connectivity index (χ4n) is 3.16. The highest BCUT2D eigenvalue weighted by Gasteiger charge is 2.46. The predicted octanol–water partition coefficient (Wildman–Crippen LogP) is 1.90. The molecule has 0 aromatic rings. The highest BCUT2D eigenvalue weighted by Crippen LogP contribution is 2.37. The molecule has 0 radical (unpaired) electrons. The molecule has 0 aliphatic heterocycles. The summed E-state index contributed by atoms with van der Waals surface area (Å²) in [4.78, 5) is 14.5. The Morgan fingerprint density at radius 3 is 2.29 bits per heavy atom. The van der Waals surface area contributed by atoms with E-state index in [2.05, 4.69) is 4.90 Å². The second kappa shape index (κ2) is 4.60. The molecular weight excluding hydrogens is 212 g/mol. The Kier molecular flexibility index (Phi) is 3.12. The first-order valence-electron chi connectivity index (χ1n) is 7.32. The van der Waals surface area contributed by atoms with Crippen molar-refractivity contribution >= 4 is 5.91 Å². The lowest BCUT2D eigenvalue weighted by Gasteiger charge is -2.30. The minimum absolute atomic E-state index is 0.162. The molecule has 3 fully saturated rings. The van der Waals surface area contributed by atoms with Gasteiger partial charge in [0.25, 0.3) is 0 Å². The maximum absolute atomic E-state index is 12.3. The van der Waals surface area contributed by atoms with Crippen molar-refractivity contribution in [3.05, 3.63) is 0 Å². The Bertz CT molecular complexity index is 295. The maximum atomic E-state index is 12.3. The van der Waals surface area contributed by atoms with Gasteiger partial charge in [-0.05, 0) is 38.0 Å². The number of amides is 1. The van der Waals surface area contributed by atoms with E-state index in [4.69, 9.17) is 5.73 Å². The van der Waals surface area contributed by atoms with E-state index in [0.717, 1.165) is 18.9 Å². The Morgan fingerprint density at radius 1 is 1.12 bits per heavy atom. The number of nitrogens with two attached hydrogens (primary N) is 1. The monoisotopic (exact) mass is 236 g/mol. The van der Waals surface area contributed by atoms with Crippen LogP contribution in [0.5, 0.6) is 0 Å². The highest BCUT2D eigenvalue weighted by atomic mass is 16.2. The van der Waals surface area contributed by atoms with Gasteiger partial charge in [0.15, 0.2) is 0 Å². The lowest BCUT2D eigenvalue weighted by Crippen LogP contribution is -2.39. The summed E-state index contributed by atoms with van der Waals surface area (Å²) in [5, 5.41) is 0. The molecule has 2 N–H and O–H groups in total. The molecular formula is C14H24N2O. The maximum Gasteiger partial charge on any atom is 0.227 e. The molecule has 0 spiro atoms. The van der Waals surface area contributed by atoms with Crippen LogP contribution in [0.15, 0.2) is 0 Å². The van der Waals surface area contributed by atoms with Crippen molar-refractivity contribution in [1.82, 2.24) is 4.90 Å². The summed E-state index contributed by atoms with van der Waals surface area (Å²) in [6.07, 6.45) is 10.1. The molecule has 3 nitrogen and oxygen atoms in total. The molecule has 17 heavy (non-hydrogen) atoms. The molecule has 3 rings (SSSR count). The van der Waals surface area contributed by atoms with Gasteiger partial charge >= 0.3 is 0 Å². The van der Waals surface area contributed by atoms with Gasteiger partial charge in [0.2, 0.25) is 5.91 Å². The van der Waals surface area contributed by atoms with Gasteiger partial charge in [-0.3, -0.25) is 4.79 Å². The topological polar surface area (TPSA) is 46.3 Å². The number of hydrogen-bond acceptors (Lipinski definition) is 2. The summed E-state index contributed by atoms with van der Waals surface area (Å²) in [6, 6.07) is 0.729. The van der Waals surface area contributed by atoms with Crippen LogP contribution in [0.3, 0.4) is 0 Å². The normalized spacial score (nSPS) is 33.5. The minimum atomic E-state index is 0.162. The number of rotatable bonds is 4. The second-order valence-corrected chi connectivity index (χ2v) is 6.23. The van der Waals surface area contributed by atoms with E-state index in [1.165, 1.54) is 44.9 Å². The average molecular weight is 236 g/mol. The Hall–Kier alpha value is -0.570. The summed E-state index contributed by atoms with van der Waals surface area (Å²) >= 11 is 0. The van der Waals surface area contributed by atoms with Crippen molar-refractivity contribution in [3.63, 3.8) is 0 Å². The molecule has 2 unspecified atom stereocenters. The van der Waals surface area contributed by atoms with Crippen LogP contribution in [0.4, 0.5) is 0 Å². The zero-order valence-corrected chi connectivity index (χ0v) is 10.6. The highest BCUT2D eigenvalue weighted by molar-refractivity contribution is 5.83. The van der Waals surface area contributed by atoms with Gasteiger partial charge in [-0.1, -0.05) is 19.3 Å². The van der Waals surface area contributed by atoms with E-state index in [1.54, 1.807) is 0 Å². The van der Waals surface area contributed by atoms with Crippen LogP contribution in [-0.4, -0.2) is 29.4 Å². The van der Waals surface area contributed by atoms with Crippen LogP contribution < -0.4 is 5.73 Å². The summed E-state index contributed by atoms with van der Waals surface area (Å²) in [7, 11) is 0. The molecule has 2 atom stereocenters. The number of carbonyl (C=O) groups excluding carboxylic acids is 1. The lowest BCUT2D eigenvalue weighted by molar-refractivity contribution is -0.134. The minimum Gasteiger partial charge on any atom is -0.339 e. The van der Waals surface area contributed by atoms with Crippen molar-refractivity contribution in [2.75, 3.05) is 6.54 Å². The molecule has 3 aliphatic rings. The molecule has 0 aromatic heterocycles. The summed E-state index contributed by atoms with van der Waals surface area (Å²) in [6.45, 7) is 1.02. The quantitative estimate of drug-likeness (QED) is 0.810. The Labute approximate surface area is 104 Å². The molecule has 1 amide bonds. The summed E-state index contributed by atoms with van der Waals surface area (Å²) in [5.74, 6) is 1.30. The predicted molar refractivity (Wildman–Crippen MR) is 67.4 cm³/mol. The molecule has 3 heteroatoms. The first-order valence-corrected chi connectivity index (χ1v) is 7.32. The summed E-state index contributed by atoms with van der Waals surface area (Å²) in [5.41, 5.74) is 5.81. The zero-order chi connectivity index (χ0) is 11.8. The molecule has 96 valence electrons. The molecule has 0 aromatic carbocycles. The number of hydrogen-bond donors (Lipinski definition) is 1. The van der Waals surface area contributed by atoms with Gasteiger partial charge < -0.3 is 10.6 Å². The summed E-state index contributed by atoms with van der Waals surface area (Å²) < 4.78 is 0. The Morgan fingerprint density at radius 2 is 1.76 bits per heavy atom. The van der Waals surface area contributed by atoms with Gasteiger partial charge in [0.1, 0.15) is 0 Å². The Balaban J connectivity index is 1.57. The fourth-order valence-corrected chi connectivity index (χ4v) is 3.16. The molecule has 0 heterocycles. The first-order chi connectivity index (χ1) is 8.25. The third-order valence-electron chi connectivity index (χ3n) is 4.61. The zero-order valence-electron chi connectivity index (χ0n) is 10.6. The first kappa shape index (κ1) is 11.5. The van der Waals surface area contributed by atoms with E-state index >= 15 is 0 Å². The lowest BCUT2D eigenvalue weighted by atomic mass is 9.89. The molecule has 0 saturated heterocycles. The van der Waals surface area contributed by atoms with Crippen LogP contribution in [0.2, 0.25) is 0 Å². The van der Waals surface area contributed by atoms with E-state index in [1.807, 2.05) is 0 Å². The van der Waals surface area contributed by atoms with Crippen LogP contribution in [0.1, 0.15) is 51.4 Å². The van der Waals surface area contributed by atoms with Gasteiger partial charge in [-0.2, -0.15) is 0 Å². The smallest absolute Gasteiger partial charge is 0.227 e. The number of nitrogens with zero attached hydrogens (tertiary/aromatic N) is 1. The third kappa shape index (κ3) is 2.65. The van der Waals surface area contributed by atoms with Gasteiger partial charge in [0, 0.05) is 18.6 Å². The van der Waals surface area contributed by atoms with Gasteiger partial charge in [-0.25, -0.2) is 0 Å². The largest absolute Gasteiger partial charge is 0.339 e.